The Bertz CT molecular complexity index is 1010. The van der Waals surface area contributed by atoms with E-state index in [0.29, 0.717) is 24.9 Å². The standard InChI is InChI=1S/C22H31N7O2/c1-5-16(13-30)26-21-27-20-18(14(3)4)12-24-29(20)22(28-21)23-11-15-7-9-17(10-8-15)25-19(31)6-2/h7-10,12,14,16,30H,5-6,11,13H2,1-4H3,(H,25,31)(H2,23,26,27,28)/t16-/m0/s1. The molecule has 0 radical (unpaired) electrons. The number of fused-ring (bicyclic) bond motifs is 1. The van der Waals surface area contributed by atoms with Gasteiger partial charge in [0, 0.05) is 24.2 Å². The van der Waals surface area contributed by atoms with Crippen LogP contribution >= 0.6 is 0 Å². The first-order valence-electron chi connectivity index (χ1n) is 10.7. The van der Waals surface area contributed by atoms with Gasteiger partial charge in [-0.05, 0) is 30.0 Å². The fraction of sp³-hybridized carbons (Fsp3) is 0.455. The first-order valence-corrected chi connectivity index (χ1v) is 10.7. The van der Waals surface area contributed by atoms with Gasteiger partial charge in [-0.1, -0.05) is 39.8 Å². The van der Waals surface area contributed by atoms with Crippen LogP contribution in [-0.2, 0) is 11.3 Å². The van der Waals surface area contributed by atoms with Crippen LogP contribution in [0.4, 0.5) is 17.6 Å². The van der Waals surface area contributed by atoms with E-state index in [1.807, 2.05) is 44.3 Å². The zero-order valence-electron chi connectivity index (χ0n) is 18.5. The maximum absolute atomic E-state index is 11.5. The lowest BCUT2D eigenvalue weighted by Gasteiger charge is -2.16. The number of anilines is 3. The summed E-state index contributed by atoms with van der Waals surface area (Å²) in [6.07, 6.45) is 3.02. The summed E-state index contributed by atoms with van der Waals surface area (Å²) in [6, 6.07) is 7.55. The molecule has 0 aliphatic heterocycles. The molecule has 0 aliphatic carbocycles. The Morgan fingerprint density at radius 1 is 1.16 bits per heavy atom. The summed E-state index contributed by atoms with van der Waals surface area (Å²) >= 11 is 0. The monoisotopic (exact) mass is 425 g/mol. The summed E-state index contributed by atoms with van der Waals surface area (Å²) in [7, 11) is 0. The maximum Gasteiger partial charge on any atom is 0.229 e. The van der Waals surface area contributed by atoms with Gasteiger partial charge in [0.25, 0.3) is 0 Å². The molecular weight excluding hydrogens is 394 g/mol. The zero-order valence-corrected chi connectivity index (χ0v) is 18.5. The molecule has 1 atom stereocenters. The van der Waals surface area contributed by atoms with Gasteiger partial charge in [-0.15, -0.1) is 0 Å². The molecule has 2 heterocycles. The van der Waals surface area contributed by atoms with Crippen molar-refractivity contribution in [1.29, 1.82) is 0 Å². The van der Waals surface area contributed by atoms with Gasteiger partial charge in [0.05, 0.1) is 18.8 Å². The largest absolute Gasteiger partial charge is 0.394 e. The SMILES string of the molecule is CCC(=O)Nc1ccc(CNc2nc(N[C@@H](CC)CO)nc3c(C(C)C)cnn23)cc1. The van der Waals surface area contributed by atoms with Crippen molar-refractivity contribution in [3.8, 4) is 0 Å². The summed E-state index contributed by atoms with van der Waals surface area (Å²) in [6.45, 7) is 8.55. The lowest BCUT2D eigenvalue weighted by atomic mass is 10.1. The molecule has 0 unspecified atom stereocenters. The van der Waals surface area contributed by atoms with Gasteiger partial charge in [-0.25, -0.2) is 0 Å². The van der Waals surface area contributed by atoms with Crippen LogP contribution in [-0.4, -0.2) is 43.2 Å². The van der Waals surface area contributed by atoms with E-state index in [1.54, 1.807) is 4.52 Å². The molecule has 4 N–H and O–H groups in total. The van der Waals surface area contributed by atoms with E-state index in [-0.39, 0.29) is 24.5 Å². The zero-order chi connectivity index (χ0) is 22.4. The molecule has 3 rings (SSSR count). The fourth-order valence-electron chi connectivity index (χ4n) is 3.08. The summed E-state index contributed by atoms with van der Waals surface area (Å²) in [5.74, 6) is 1.27. The van der Waals surface area contributed by atoms with Crippen molar-refractivity contribution < 1.29 is 9.90 Å². The number of carbonyl (C=O) groups excluding carboxylic acids is 1. The average molecular weight is 426 g/mol. The highest BCUT2D eigenvalue weighted by Crippen LogP contribution is 2.23. The van der Waals surface area contributed by atoms with E-state index in [2.05, 4.69) is 44.9 Å². The molecule has 31 heavy (non-hydrogen) atoms. The lowest BCUT2D eigenvalue weighted by molar-refractivity contribution is -0.115. The molecule has 3 aromatic rings. The third-order valence-corrected chi connectivity index (χ3v) is 5.07. The van der Waals surface area contributed by atoms with E-state index in [4.69, 9.17) is 0 Å². The molecule has 0 fully saturated rings. The van der Waals surface area contributed by atoms with E-state index < -0.39 is 0 Å². The Morgan fingerprint density at radius 3 is 2.52 bits per heavy atom. The topological polar surface area (TPSA) is 116 Å². The van der Waals surface area contributed by atoms with E-state index in [1.165, 1.54) is 0 Å². The smallest absolute Gasteiger partial charge is 0.229 e. The number of aliphatic hydroxyl groups is 1. The van der Waals surface area contributed by atoms with Crippen molar-refractivity contribution in [3.63, 3.8) is 0 Å². The molecule has 0 bridgehead atoms. The molecule has 9 nitrogen and oxygen atoms in total. The maximum atomic E-state index is 11.5. The number of benzene rings is 1. The van der Waals surface area contributed by atoms with Gasteiger partial charge in [-0.3, -0.25) is 4.79 Å². The summed E-state index contributed by atoms with van der Waals surface area (Å²) in [5.41, 5.74) is 3.57. The molecule has 0 saturated heterocycles. The second-order valence-corrected chi connectivity index (χ2v) is 7.75. The molecule has 0 aliphatic rings. The van der Waals surface area contributed by atoms with Crippen molar-refractivity contribution >= 4 is 29.1 Å². The number of rotatable bonds is 10. The van der Waals surface area contributed by atoms with Crippen molar-refractivity contribution in [2.24, 2.45) is 0 Å². The minimum absolute atomic E-state index is 0.00498. The van der Waals surface area contributed by atoms with E-state index in [0.717, 1.165) is 28.9 Å². The number of aliphatic hydroxyl groups excluding tert-OH is 1. The van der Waals surface area contributed by atoms with Crippen molar-refractivity contribution in [2.45, 2.75) is 59.0 Å². The number of nitrogens with one attached hydrogen (secondary N) is 3. The molecule has 166 valence electrons. The van der Waals surface area contributed by atoms with Crippen LogP contribution in [0.5, 0.6) is 0 Å². The van der Waals surface area contributed by atoms with Gasteiger partial charge in [-0.2, -0.15) is 19.6 Å². The van der Waals surface area contributed by atoms with Crippen LogP contribution in [0, 0.1) is 0 Å². The molecule has 0 saturated carbocycles. The molecule has 0 spiro atoms. The molecular formula is C22H31N7O2. The van der Waals surface area contributed by atoms with E-state index in [9.17, 15) is 9.90 Å². The average Bonchev–Trinajstić information content (AvgIpc) is 3.21. The molecule has 1 amide bonds. The second kappa shape index (κ2) is 10.2. The number of nitrogens with zero attached hydrogens (tertiary/aromatic N) is 4. The van der Waals surface area contributed by atoms with Crippen LogP contribution in [0.1, 0.15) is 57.6 Å². The summed E-state index contributed by atoms with van der Waals surface area (Å²) < 4.78 is 1.70. The van der Waals surface area contributed by atoms with Crippen molar-refractivity contribution in [2.75, 3.05) is 22.6 Å². The summed E-state index contributed by atoms with van der Waals surface area (Å²) in [4.78, 5) is 20.8. The van der Waals surface area contributed by atoms with Gasteiger partial charge < -0.3 is 21.1 Å². The van der Waals surface area contributed by atoms with Gasteiger partial charge in [0.2, 0.25) is 17.8 Å². The fourth-order valence-corrected chi connectivity index (χ4v) is 3.08. The van der Waals surface area contributed by atoms with Crippen LogP contribution < -0.4 is 16.0 Å². The van der Waals surface area contributed by atoms with Crippen LogP contribution in [0.3, 0.4) is 0 Å². The number of hydrogen-bond donors (Lipinski definition) is 4. The van der Waals surface area contributed by atoms with Gasteiger partial charge >= 0.3 is 0 Å². The first-order chi connectivity index (χ1) is 14.9. The van der Waals surface area contributed by atoms with Crippen LogP contribution in [0.15, 0.2) is 30.5 Å². The Hall–Kier alpha value is -3.20. The Balaban J connectivity index is 1.83. The quantitative estimate of drug-likeness (QED) is 0.393. The highest BCUT2D eigenvalue weighted by molar-refractivity contribution is 5.90. The predicted octanol–water partition coefficient (Wildman–Crippen LogP) is 3.39. The molecule has 2 aromatic heterocycles. The normalized spacial score (nSPS) is 12.2. The second-order valence-electron chi connectivity index (χ2n) is 7.75. The van der Waals surface area contributed by atoms with Crippen LogP contribution in [0.2, 0.25) is 0 Å². The number of amides is 1. The third-order valence-electron chi connectivity index (χ3n) is 5.07. The highest BCUT2D eigenvalue weighted by atomic mass is 16.3. The predicted molar refractivity (Wildman–Crippen MR) is 122 cm³/mol. The summed E-state index contributed by atoms with van der Waals surface area (Å²) in [5, 5.41) is 23.4. The lowest BCUT2D eigenvalue weighted by Crippen LogP contribution is -2.24. The molecule has 1 aromatic carbocycles. The highest BCUT2D eigenvalue weighted by Gasteiger charge is 2.16. The minimum atomic E-state index is -0.119. The van der Waals surface area contributed by atoms with Crippen molar-refractivity contribution in [3.05, 3.63) is 41.6 Å². The third kappa shape index (κ3) is 5.49. The number of aromatic nitrogens is 4. The van der Waals surface area contributed by atoms with Gasteiger partial charge in [0.15, 0.2) is 5.65 Å². The van der Waals surface area contributed by atoms with Crippen LogP contribution in [0.25, 0.3) is 5.65 Å². The number of hydrogen-bond acceptors (Lipinski definition) is 7. The van der Waals surface area contributed by atoms with E-state index >= 15 is 0 Å². The minimum Gasteiger partial charge on any atom is -0.394 e. The molecule has 9 heteroatoms. The van der Waals surface area contributed by atoms with Gasteiger partial charge in [0.1, 0.15) is 0 Å². The number of carbonyl (C=O) groups is 1. The Kier molecular flexibility index (Phi) is 7.41. The Morgan fingerprint density at radius 2 is 1.90 bits per heavy atom. The van der Waals surface area contributed by atoms with Crippen molar-refractivity contribution in [1.82, 2.24) is 19.6 Å². The first kappa shape index (κ1) is 22.5. The Labute approximate surface area is 182 Å².